The SMILES string of the molecule is CC(CC1CC1)NC(=O)c1n[nH]c(C(C)C)c1N. The number of carbonyl (C=O) groups excluding carboxylic acids is 1. The Labute approximate surface area is 108 Å². The first-order valence-corrected chi connectivity index (χ1v) is 6.63. The second-order valence-corrected chi connectivity index (χ2v) is 5.61. The Morgan fingerprint density at radius 1 is 1.50 bits per heavy atom. The Morgan fingerprint density at radius 3 is 2.67 bits per heavy atom. The van der Waals surface area contributed by atoms with Crippen molar-refractivity contribution in [2.45, 2.75) is 52.0 Å². The van der Waals surface area contributed by atoms with Crippen molar-refractivity contribution in [3.05, 3.63) is 11.4 Å². The number of amides is 1. The number of nitrogens with one attached hydrogen (secondary N) is 2. The van der Waals surface area contributed by atoms with Gasteiger partial charge in [-0.3, -0.25) is 9.89 Å². The van der Waals surface area contributed by atoms with E-state index in [0.29, 0.717) is 11.4 Å². The van der Waals surface area contributed by atoms with Crippen LogP contribution < -0.4 is 11.1 Å². The fourth-order valence-corrected chi connectivity index (χ4v) is 2.18. The highest BCUT2D eigenvalue weighted by Crippen LogP contribution is 2.33. The number of hydrogen-bond acceptors (Lipinski definition) is 3. The maximum absolute atomic E-state index is 12.0. The summed E-state index contributed by atoms with van der Waals surface area (Å²) in [7, 11) is 0. The Hall–Kier alpha value is -1.52. The van der Waals surface area contributed by atoms with Crippen LogP contribution in [0.15, 0.2) is 0 Å². The molecule has 2 rings (SSSR count). The molecular formula is C13H22N4O. The molecule has 0 aromatic carbocycles. The Balaban J connectivity index is 1.99. The lowest BCUT2D eigenvalue weighted by molar-refractivity contribution is 0.0933. The van der Waals surface area contributed by atoms with Crippen molar-refractivity contribution in [3.63, 3.8) is 0 Å². The van der Waals surface area contributed by atoms with Crippen molar-refractivity contribution < 1.29 is 4.79 Å². The molecule has 0 aliphatic heterocycles. The molecule has 0 spiro atoms. The van der Waals surface area contributed by atoms with E-state index in [9.17, 15) is 4.79 Å². The van der Waals surface area contributed by atoms with Crippen LogP contribution in [0, 0.1) is 5.92 Å². The van der Waals surface area contributed by atoms with E-state index in [4.69, 9.17) is 5.73 Å². The van der Waals surface area contributed by atoms with Crippen molar-refractivity contribution in [2.75, 3.05) is 5.73 Å². The Morgan fingerprint density at radius 2 is 2.17 bits per heavy atom. The van der Waals surface area contributed by atoms with Gasteiger partial charge in [0, 0.05) is 6.04 Å². The summed E-state index contributed by atoms with van der Waals surface area (Å²) in [5, 5.41) is 9.83. The fraction of sp³-hybridized carbons (Fsp3) is 0.692. The van der Waals surface area contributed by atoms with Crippen LogP contribution in [0.2, 0.25) is 0 Å². The minimum absolute atomic E-state index is 0.177. The second-order valence-electron chi connectivity index (χ2n) is 5.61. The maximum Gasteiger partial charge on any atom is 0.274 e. The van der Waals surface area contributed by atoms with Gasteiger partial charge >= 0.3 is 0 Å². The van der Waals surface area contributed by atoms with Gasteiger partial charge in [-0.2, -0.15) is 5.10 Å². The first-order chi connectivity index (χ1) is 8.49. The summed E-state index contributed by atoms with van der Waals surface area (Å²) < 4.78 is 0. The second kappa shape index (κ2) is 5.00. The van der Waals surface area contributed by atoms with Crippen LogP contribution in [0.5, 0.6) is 0 Å². The molecule has 100 valence electrons. The fourth-order valence-electron chi connectivity index (χ4n) is 2.18. The molecule has 0 bridgehead atoms. The number of aromatic amines is 1. The van der Waals surface area contributed by atoms with Crippen molar-refractivity contribution in [1.82, 2.24) is 15.5 Å². The van der Waals surface area contributed by atoms with Crippen molar-refractivity contribution in [3.8, 4) is 0 Å². The lowest BCUT2D eigenvalue weighted by Crippen LogP contribution is -2.33. The first kappa shape index (κ1) is 12.9. The van der Waals surface area contributed by atoms with E-state index >= 15 is 0 Å². The molecule has 1 unspecified atom stereocenters. The lowest BCUT2D eigenvalue weighted by atomic mass is 10.1. The molecule has 0 radical (unpaired) electrons. The third-order valence-corrected chi connectivity index (χ3v) is 3.39. The number of nitrogen functional groups attached to an aromatic ring is 1. The number of rotatable bonds is 5. The van der Waals surface area contributed by atoms with Crippen LogP contribution in [-0.4, -0.2) is 22.1 Å². The topological polar surface area (TPSA) is 83.8 Å². The summed E-state index contributed by atoms with van der Waals surface area (Å²) in [6.45, 7) is 6.06. The number of anilines is 1. The highest BCUT2D eigenvalue weighted by Gasteiger charge is 2.25. The Kier molecular flexibility index (Phi) is 3.59. The van der Waals surface area contributed by atoms with Crippen LogP contribution in [0.1, 0.15) is 62.1 Å². The molecule has 1 atom stereocenters. The molecule has 5 nitrogen and oxygen atoms in total. The molecule has 1 aromatic rings. The summed E-state index contributed by atoms with van der Waals surface area (Å²) in [5.41, 5.74) is 7.56. The molecule has 5 heteroatoms. The summed E-state index contributed by atoms with van der Waals surface area (Å²) >= 11 is 0. The van der Waals surface area contributed by atoms with E-state index in [0.717, 1.165) is 18.0 Å². The maximum atomic E-state index is 12.0. The monoisotopic (exact) mass is 250 g/mol. The van der Waals surface area contributed by atoms with Gasteiger partial charge in [-0.05, 0) is 25.2 Å². The molecule has 4 N–H and O–H groups in total. The van der Waals surface area contributed by atoms with E-state index in [1.165, 1.54) is 12.8 Å². The molecule has 1 aliphatic rings. The number of H-pyrrole nitrogens is 1. The van der Waals surface area contributed by atoms with E-state index in [2.05, 4.69) is 15.5 Å². The van der Waals surface area contributed by atoms with Gasteiger partial charge in [-0.1, -0.05) is 26.7 Å². The predicted octanol–water partition coefficient (Wildman–Crippen LogP) is 2.03. The summed E-state index contributed by atoms with van der Waals surface area (Å²) in [6.07, 6.45) is 3.64. The van der Waals surface area contributed by atoms with Crippen molar-refractivity contribution in [1.29, 1.82) is 0 Å². The number of hydrogen-bond donors (Lipinski definition) is 3. The van der Waals surface area contributed by atoms with Crippen LogP contribution in [0.4, 0.5) is 5.69 Å². The summed E-state index contributed by atoms with van der Waals surface area (Å²) in [4.78, 5) is 12.0. The lowest BCUT2D eigenvalue weighted by Gasteiger charge is -2.12. The van der Waals surface area contributed by atoms with Gasteiger partial charge in [-0.15, -0.1) is 0 Å². The van der Waals surface area contributed by atoms with Gasteiger partial charge < -0.3 is 11.1 Å². The number of nitrogens with zero attached hydrogens (tertiary/aromatic N) is 1. The summed E-state index contributed by atoms with van der Waals surface area (Å²) in [5.74, 6) is 0.856. The smallest absolute Gasteiger partial charge is 0.274 e. The standard InChI is InChI=1S/C13H22N4O/c1-7(2)11-10(14)12(17-16-11)13(18)15-8(3)6-9-4-5-9/h7-9H,4-6,14H2,1-3H3,(H,15,18)(H,16,17). The zero-order valence-electron chi connectivity index (χ0n) is 11.3. The minimum atomic E-state index is -0.177. The third-order valence-electron chi connectivity index (χ3n) is 3.39. The molecule has 1 heterocycles. The van der Waals surface area contributed by atoms with Gasteiger partial charge in [0.05, 0.1) is 11.4 Å². The third kappa shape index (κ3) is 2.83. The molecule has 18 heavy (non-hydrogen) atoms. The highest BCUT2D eigenvalue weighted by molar-refractivity contribution is 5.97. The van der Waals surface area contributed by atoms with Crippen LogP contribution >= 0.6 is 0 Å². The molecule has 1 saturated carbocycles. The Bertz CT molecular complexity index is 434. The van der Waals surface area contributed by atoms with E-state index in [1.807, 2.05) is 20.8 Å². The first-order valence-electron chi connectivity index (χ1n) is 6.63. The number of aromatic nitrogens is 2. The van der Waals surface area contributed by atoms with E-state index in [-0.39, 0.29) is 17.9 Å². The van der Waals surface area contributed by atoms with Gasteiger partial charge in [0.25, 0.3) is 5.91 Å². The van der Waals surface area contributed by atoms with Crippen LogP contribution in [-0.2, 0) is 0 Å². The zero-order chi connectivity index (χ0) is 13.3. The van der Waals surface area contributed by atoms with Crippen LogP contribution in [0.25, 0.3) is 0 Å². The predicted molar refractivity (Wildman–Crippen MR) is 71.4 cm³/mol. The average molecular weight is 250 g/mol. The normalized spacial score (nSPS) is 16.9. The average Bonchev–Trinajstić information content (AvgIpc) is 2.98. The van der Waals surface area contributed by atoms with E-state index in [1.54, 1.807) is 0 Å². The quantitative estimate of drug-likeness (QED) is 0.747. The molecule has 1 aromatic heterocycles. The number of carbonyl (C=O) groups is 1. The van der Waals surface area contributed by atoms with E-state index < -0.39 is 0 Å². The molecule has 0 saturated heterocycles. The molecule has 1 fully saturated rings. The summed E-state index contributed by atoms with van der Waals surface area (Å²) in [6, 6.07) is 0.184. The largest absolute Gasteiger partial charge is 0.395 e. The molecule has 1 amide bonds. The van der Waals surface area contributed by atoms with Gasteiger partial charge in [0.1, 0.15) is 0 Å². The minimum Gasteiger partial charge on any atom is -0.395 e. The molecular weight excluding hydrogens is 228 g/mol. The van der Waals surface area contributed by atoms with Gasteiger partial charge in [0.2, 0.25) is 0 Å². The van der Waals surface area contributed by atoms with Crippen molar-refractivity contribution in [2.24, 2.45) is 5.92 Å². The zero-order valence-corrected chi connectivity index (χ0v) is 11.3. The van der Waals surface area contributed by atoms with Gasteiger partial charge in [0.15, 0.2) is 5.69 Å². The van der Waals surface area contributed by atoms with Crippen LogP contribution in [0.3, 0.4) is 0 Å². The van der Waals surface area contributed by atoms with Crippen molar-refractivity contribution >= 4 is 11.6 Å². The number of nitrogens with two attached hydrogens (primary N) is 1. The highest BCUT2D eigenvalue weighted by atomic mass is 16.2. The van der Waals surface area contributed by atoms with Gasteiger partial charge in [-0.25, -0.2) is 0 Å². The molecule has 1 aliphatic carbocycles.